The molecule has 2 heterocycles. The highest BCUT2D eigenvalue weighted by atomic mass is 32.1. The molecular weight excluding hydrogens is 300 g/mol. The van der Waals surface area contributed by atoms with Crippen LogP contribution in [0.25, 0.3) is 10.9 Å². The van der Waals surface area contributed by atoms with Gasteiger partial charge in [0.15, 0.2) is 5.13 Å². The summed E-state index contributed by atoms with van der Waals surface area (Å²) in [5.74, 6) is -0.625. The quantitative estimate of drug-likeness (QED) is 0.690. The second-order valence-electron chi connectivity index (χ2n) is 4.78. The average molecular weight is 314 g/mol. The molecule has 0 aliphatic carbocycles. The van der Waals surface area contributed by atoms with E-state index >= 15 is 0 Å². The number of nitrogens with zero attached hydrogens (tertiary/aromatic N) is 1. The van der Waals surface area contributed by atoms with Gasteiger partial charge in [-0.1, -0.05) is 18.2 Å². The fourth-order valence-electron chi connectivity index (χ4n) is 2.03. The van der Waals surface area contributed by atoms with E-state index < -0.39 is 0 Å². The summed E-state index contributed by atoms with van der Waals surface area (Å²) >= 11 is 1.39. The van der Waals surface area contributed by atoms with Gasteiger partial charge in [-0.25, -0.2) is 4.98 Å². The average Bonchev–Trinajstić information content (AvgIpc) is 3.10. The summed E-state index contributed by atoms with van der Waals surface area (Å²) in [6.07, 6.45) is 1.68. The first-order valence-corrected chi connectivity index (χ1v) is 7.52. The van der Waals surface area contributed by atoms with E-state index in [-0.39, 0.29) is 18.4 Å². The van der Waals surface area contributed by atoms with Gasteiger partial charge in [0.2, 0.25) is 5.91 Å². The Balaban J connectivity index is 1.58. The molecular formula is C15H14N4O2S. The Morgan fingerprint density at radius 1 is 1.32 bits per heavy atom. The monoisotopic (exact) mass is 314 g/mol. The number of aromatic nitrogens is 2. The Hall–Kier alpha value is -2.67. The van der Waals surface area contributed by atoms with Crippen LogP contribution in [0.1, 0.15) is 15.4 Å². The van der Waals surface area contributed by atoms with Crippen LogP contribution in [0.15, 0.2) is 36.5 Å². The number of thiazole rings is 1. The maximum atomic E-state index is 12.0. The molecule has 0 saturated carbocycles. The molecule has 6 nitrogen and oxygen atoms in total. The molecule has 2 aromatic heterocycles. The predicted molar refractivity (Wildman–Crippen MR) is 86.1 cm³/mol. The topological polar surface area (TPSA) is 86.9 Å². The number of nitrogens with one attached hydrogen (secondary N) is 3. The van der Waals surface area contributed by atoms with Crippen molar-refractivity contribution in [2.75, 3.05) is 11.9 Å². The number of H-pyrrole nitrogens is 1. The molecule has 3 aromatic rings. The Labute approximate surface area is 130 Å². The van der Waals surface area contributed by atoms with Gasteiger partial charge in [-0.15, -0.1) is 11.3 Å². The zero-order valence-electron chi connectivity index (χ0n) is 11.8. The Morgan fingerprint density at radius 3 is 2.86 bits per heavy atom. The molecule has 3 rings (SSSR count). The van der Waals surface area contributed by atoms with Crippen LogP contribution in [-0.4, -0.2) is 28.3 Å². The fraction of sp³-hybridized carbons (Fsp3) is 0.133. The molecule has 0 unspecified atom stereocenters. The van der Waals surface area contributed by atoms with E-state index in [4.69, 9.17) is 0 Å². The molecule has 7 heteroatoms. The minimum Gasteiger partial charge on any atom is -0.351 e. The maximum Gasteiger partial charge on any atom is 0.268 e. The number of carbonyl (C=O) groups excluding carboxylic acids is 2. The third kappa shape index (κ3) is 3.15. The van der Waals surface area contributed by atoms with Crippen molar-refractivity contribution in [2.45, 2.75) is 6.92 Å². The maximum absolute atomic E-state index is 12.0. The lowest BCUT2D eigenvalue weighted by molar-refractivity contribution is -0.115. The van der Waals surface area contributed by atoms with Gasteiger partial charge in [0.25, 0.3) is 5.91 Å². The highest BCUT2D eigenvalue weighted by Gasteiger charge is 2.11. The number of aryl methyl sites for hydroxylation is 1. The summed E-state index contributed by atoms with van der Waals surface area (Å²) in [7, 11) is 0. The SMILES string of the molecule is Cc1cnc(NC(=O)CNC(=O)c2cc3ccccc3[nH]2)s1. The molecule has 1 aromatic carbocycles. The summed E-state index contributed by atoms with van der Waals surface area (Å²) < 4.78 is 0. The minimum absolute atomic E-state index is 0.104. The van der Waals surface area contributed by atoms with E-state index in [0.29, 0.717) is 10.8 Å². The van der Waals surface area contributed by atoms with Crippen LogP contribution < -0.4 is 10.6 Å². The molecule has 0 bridgehead atoms. The molecule has 0 saturated heterocycles. The highest BCUT2D eigenvalue weighted by Crippen LogP contribution is 2.16. The lowest BCUT2D eigenvalue weighted by atomic mass is 10.2. The van der Waals surface area contributed by atoms with Crippen molar-refractivity contribution in [1.29, 1.82) is 0 Å². The number of hydrogen-bond acceptors (Lipinski definition) is 4. The number of anilines is 1. The zero-order chi connectivity index (χ0) is 15.5. The molecule has 0 spiro atoms. The number of fused-ring (bicyclic) bond motifs is 1. The summed E-state index contributed by atoms with van der Waals surface area (Å²) in [5.41, 5.74) is 1.31. The van der Waals surface area contributed by atoms with E-state index in [1.807, 2.05) is 31.2 Å². The highest BCUT2D eigenvalue weighted by molar-refractivity contribution is 7.15. The Bertz CT molecular complexity index is 804. The third-order valence-electron chi connectivity index (χ3n) is 3.05. The molecule has 3 N–H and O–H groups in total. The Morgan fingerprint density at radius 2 is 2.14 bits per heavy atom. The van der Waals surface area contributed by atoms with Crippen molar-refractivity contribution in [1.82, 2.24) is 15.3 Å². The van der Waals surface area contributed by atoms with Gasteiger partial charge >= 0.3 is 0 Å². The number of hydrogen-bond donors (Lipinski definition) is 3. The third-order valence-corrected chi connectivity index (χ3v) is 3.88. The predicted octanol–water partition coefficient (Wildman–Crippen LogP) is 2.30. The lowest BCUT2D eigenvalue weighted by Crippen LogP contribution is -2.32. The smallest absolute Gasteiger partial charge is 0.268 e. The van der Waals surface area contributed by atoms with Gasteiger partial charge in [0, 0.05) is 22.0 Å². The molecule has 22 heavy (non-hydrogen) atoms. The van der Waals surface area contributed by atoms with Gasteiger partial charge < -0.3 is 15.6 Å². The summed E-state index contributed by atoms with van der Waals surface area (Å²) in [5, 5.41) is 6.71. The van der Waals surface area contributed by atoms with Crippen molar-refractivity contribution in [3.63, 3.8) is 0 Å². The molecule has 0 aliphatic heterocycles. The summed E-state index contributed by atoms with van der Waals surface area (Å²) in [6, 6.07) is 9.36. The van der Waals surface area contributed by atoms with E-state index in [1.165, 1.54) is 11.3 Å². The number of carbonyl (C=O) groups is 2. The van der Waals surface area contributed by atoms with Crippen LogP contribution in [0.4, 0.5) is 5.13 Å². The number of rotatable bonds is 4. The van der Waals surface area contributed by atoms with Gasteiger partial charge in [-0.3, -0.25) is 9.59 Å². The van der Waals surface area contributed by atoms with Crippen molar-refractivity contribution in [3.05, 3.63) is 47.1 Å². The van der Waals surface area contributed by atoms with Crippen LogP contribution in [0.3, 0.4) is 0 Å². The fourth-order valence-corrected chi connectivity index (χ4v) is 2.71. The molecule has 0 atom stereocenters. The van der Waals surface area contributed by atoms with Crippen molar-refractivity contribution >= 4 is 39.2 Å². The van der Waals surface area contributed by atoms with Crippen LogP contribution in [0.2, 0.25) is 0 Å². The first-order chi connectivity index (χ1) is 10.6. The zero-order valence-corrected chi connectivity index (χ0v) is 12.7. The molecule has 0 aliphatic rings. The van der Waals surface area contributed by atoms with E-state index in [9.17, 15) is 9.59 Å². The molecule has 2 amide bonds. The van der Waals surface area contributed by atoms with Gasteiger partial charge in [-0.2, -0.15) is 0 Å². The van der Waals surface area contributed by atoms with Crippen molar-refractivity contribution < 1.29 is 9.59 Å². The van der Waals surface area contributed by atoms with Crippen molar-refractivity contribution in [2.24, 2.45) is 0 Å². The second kappa shape index (κ2) is 5.98. The number of aromatic amines is 1. The van der Waals surface area contributed by atoms with Crippen LogP contribution in [-0.2, 0) is 4.79 Å². The largest absolute Gasteiger partial charge is 0.351 e. The Kier molecular flexibility index (Phi) is 3.88. The van der Waals surface area contributed by atoms with Crippen LogP contribution >= 0.6 is 11.3 Å². The van der Waals surface area contributed by atoms with E-state index in [1.54, 1.807) is 12.3 Å². The number of benzene rings is 1. The molecule has 112 valence electrons. The van der Waals surface area contributed by atoms with Crippen molar-refractivity contribution in [3.8, 4) is 0 Å². The van der Waals surface area contributed by atoms with E-state index in [0.717, 1.165) is 15.8 Å². The lowest BCUT2D eigenvalue weighted by Gasteiger charge is -2.03. The number of para-hydroxylation sites is 1. The standard InChI is InChI=1S/C15H14N4O2S/c1-9-7-17-15(22-9)19-13(20)8-16-14(21)12-6-10-4-2-3-5-11(10)18-12/h2-7,18H,8H2,1H3,(H,16,21)(H,17,19,20). The normalized spacial score (nSPS) is 10.6. The number of amides is 2. The first-order valence-electron chi connectivity index (χ1n) is 6.70. The minimum atomic E-state index is -0.318. The van der Waals surface area contributed by atoms with Crippen LogP contribution in [0.5, 0.6) is 0 Å². The van der Waals surface area contributed by atoms with Crippen LogP contribution in [0, 0.1) is 6.92 Å². The summed E-state index contributed by atoms with van der Waals surface area (Å²) in [6.45, 7) is 1.80. The molecule has 0 radical (unpaired) electrons. The second-order valence-corrected chi connectivity index (χ2v) is 6.01. The van der Waals surface area contributed by atoms with Gasteiger partial charge in [0.1, 0.15) is 5.69 Å². The van der Waals surface area contributed by atoms with Gasteiger partial charge in [-0.05, 0) is 19.1 Å². The first kappa shape index (κ1) is 14.3. The van der Waals surface area contributed by atoms with Gasteiger partial charge in [0.05, 0.1) is 6.54 Å². The summed E-state index contributed by atoms with van der Waals surface area (Å²) in [4.78, 5) is 31.9. The molecule has 0 fully saturated rings. The van der Waals surface area contributed by atoms with E-state index in [2.05, 4.69) is 20.6 Å².